The number of carbonyl (C=O) groups is 1. The summed E-state index contributed by atoms with van der Waals surface area (Å²) in [5.74, 6) is -0.489. The maximum Gasteiger partial charge on any atom is 0.336 e. The number of aromatic nitrogens is 2. The summed E-state index contributed by atoms with van der Waals surface area (Å²) in [6, 6.07) is 14.4. The van der Waals surface area contributed by atoms with E-state index in [9.17, 15) is 18.8 Å². The third-order valence-electron chi connectivity index (χ3n) is 5.96. The number of rotatable bonds is 4. The highest BCUT2D eigenvalue weighted by Gasteiger charge is 2.24. The molecule has 0 bridgehead atoms. The first-order valence-electron chi connectivity index (χ1n) is 10.7. The van der Waals surface area contributed by atoms with Gasteiger partial charge in [-0.05, 0) is 60.0 Å². The van der Waals surface area contributed by atoms with Crippen molar-refractivity contribution in [3.8, 4) is 5.69 Å². The van der Waals surface area contributed by atoms with Gasteiger partial charge in [-0.1, -0.05) is 11.6 Å². The Morgan fingerprint density at radius 2 is 1.56 bits per heavy atom. The molecule has 7 nitrogen and oxygen atoms in total. The Morgan fingerprint density at radius 3 is 2.24 bits per heavy atom. The molecular weight excluding hydrogens is 479 g/mol. The number of halogens is 2. The van der Waals surface area contributed by atoms with E-state index in [1.165, 1.54) is 28.0 Å². The molecule has 34 heavy (non-hydrogen) atoms. The molecule has 0 saturated carbocycles. The van der Waals surface area contributed by atoms with E-state index in [0.29, 0.717) is 47.1 Å². The molecule has 10 heteroatoms. The summed E-state index contributed by atoms with van der Waals surface area (Å²) in [6.07, 6.45) is 0. The Morgan fingerprint density at radius 1 is 0.912 bits per heavy atom. The number of hydrogen-bond donors (Lipinski definition) is 0. The number of hydrogen-bond acceptors (Lipinski definition) is 5. The molecular formula is C24H20ClFN4O3S. The first kappa shape index (κ1) is 22.4. The van der Waals surface area contributed by atoms with E-state index in [2.05, 4.69) is 4.90 Å². The van der Waals surface area contributed by atoms with Crippen LogP contribution in [0.2, 0.25) is 5.02 Å². The van der Waals surface area contributed by atoms with E-state index in [1.54, 1.807) is 52.7 Å². The van der Waals surface area contributed by atoms with Crippen LogP contribution < -0.4 is 16.1 Å². The van der Waals surface area contributed by atoms with E-state index < -0.39 is 11.2 Å². The molecule has 0 aliphatic carbocycles. The summed E-state index contributed by atoms with van der Waals surface area (Å²) >= 11 is 7.19. The quantitative estimate of drug-likeness (QED) is 0.433. The van der Waals surface area contributed by atoms with Gasteiger partial charge in [-0.3, -0.25) is 14.2 Å². The van der Waals surface area contributed by atoms with Crippen LogP contribution in [0.15, 0.2) is 69.6 Å². The van der Waals surface area contributed by atoms with E-state index in [1.807, 2.05) is 0 Å². The molecule has 0 radical (unpaired) electrons. The van der Waals surface area contributed by atoms with Gasteiger partial charge in [0.15, 0.2) is 0 Å². The second-order valence-electron chi connectivity index (χ2n) is 7.96. The van der Waals surface area contributed by atoms with Gasteiger partial charge in [0.2, 0.25) is 5.91 Å². The van der Waals surface area contributed by atoms with Crippen molar-refractivity contribution in [1.29, 1.82) is 0 Å². The second-order valence-corrected chi connectivity index (χ2v) is 9.32. The molecule has 1 aliphatic rings. The minimum absolute atomic E-state index is 0.170. The van der Waals surface area contributed by atoms with Crippen molar-refractivity contribution in [3.63, 3.8) is 0 Å². The Bertz CT molecular complexity index is 1470. The lowest BCUT2D eigenvalue weighted by molar-refractivity contribution is -0.132. The Hall–Kier alpha value is -3.43. The lowest BCUT2D eigenvalue weighted by Crippen LogP contribution is -2.50. The number of thiophene rings is 1. The molecule has 2 aromatic heterocycles. The minimum atomic E-state index is -0.573. The van der Waals surface area contributed by atoms with Crippen LogP contribution in [0.4, 0.5) is 10.1 Å². The van der Waals surface area contributed by atoms with Crippen molar-refractivity contribution in [1.82, 2.24) is 14.0 Å². The molecule has 0 unspecified atom stereocenters. The Kier molecular flexibility index (Phi) is 5.97. The monoisotopic (exact) mass is 498 g/mol. The van der Waals surface area contributed by atoms with Gasteiger partial charge in [-0.15, -0.1) is 11.3 Å². The topological polar surface area (TPSA) is 67.5 Å². The summed E-state index contributed by atoms with van der Waals surface area (Å²) in [5.41, 5.74) is 0.748. The first-order valence-corrected chi connectivity index (χ1v) is 12.0. The summed E-state index contributed by atoms with van der Waals surface area (Å²) in [7, 11) is 0. The third kappa shape index (κ3) is 4.12. The lowest BCUT2D eigenvalue weighted by Gasteiger charge is -2.36. The van der Waals surface area contributed by atoms with Crippen LogP contribution in [0.1, 0.15) is 0 Å². The third-order valence-corrected chi connectivity index (χ3v) is 7.10. The second kappa shape index (κ2) is 9.08. The van der Waals surface area contributed by atoms with E-state index in [0.717, 1.165) is 10.3 Å². The highest BCUT2D eigenvalue weighted by molar-refractivity contribution is 7.17. The van der Waals surface area contributed by atoms with E-state index >= 15 is 0 Å². The molecule has 4 aromatic rings. The molecule has 0 atom stereocenters. The van der Waals surface area contributed by atoms with Gasteiger partial charge in [-0.25, -0.2) is 13.8 Å². The first-order chi connectivity index (χ1) is 16.4. The van der Waals surface area contributed by atoms with Crippen molar-refractivity contribution in [2.45, 2.75) is 6.54 Å². The molecule has 2 aromatic carbocycles. The van der Waals surface area contributed by atoms with Gasteiger partial charge in [0.25, 0.3) is 5.56 Å². The standard InChI is InChI=1S/C24H20ClFN4O3S/c25-16-1-5-19(6-2-16)30-23(32)22-20(9-14-34-22)29(24(30)33)15-21(31)28-12-10-27(11-13-28)18-7-3-17(26)4-8-18/h1-9,14H,10-13,15H2. The smallest absolute Gasteiger partial charge is 0.336 e. The zero-order valence-corrected chi connectivity index (χ0v) is 19.6. The van der Waals surface area contributed by atoms with Crippen LogP contribution >= 0.6 is 22.9 Å². The van der Waals surface area contributed by atoms with Crippen LogP contribution in [-0.4, -0.2) is 46.1 Å². The van der Waals surface area contributed by atoms with Gasteiger partial charge in [0.05, 0.1) is 11.2 Å². The predicted octanol–water partition coefficient (Wildman–Crippen LogP) is 3.36. The molecule has 0 N–H and O–H groups in total. The molecule has 1 fully saturated rings. The van der Waals surface area contributed by atoms with Gasteiger partial charge in [0.1, 0.15) is 17.1 Å². The van der Waals surface area contributed by atoms with Crippen molar-refractivity contribution >= 4 is 44.7 Å². The van der Waals surface area contributed by atoms with Crippen LogP contribution in [0, 0.1) is 5.82 Å². The largest absolute Gasteiger partial charge is 0.368 e. The number of anilines is 1. The lowest BCUT2D eigenvalue weighted by atomic mass is 10.2. The van der Waals surface area contributed by atoms with Crippen LogP contribution in [0.3, 0.4) is 0 Å². The minimum Gasteiger partial charge on any atom is -0.368 e. The van der Waals surface area contributed by atoms with Gasteiger partial charge in [0, 0.05) is 36.9 Å². The number of amides is 1. The average molecular weight is 499 g/mol. The molecule has 1 saturated heterocycles. The van der Waals surface area contributed by atoms with Gasteiger partial charge in [-0.2, -0.15) is 0 Å². The Labute approximate surface area is 202 Å². The maximum atomic E-state index is 13.4. The van der Waals surface area contributed by atoms with Crippen molar-refractivity contribution in [2.75, 3.05) is 31.1 Å². The number of nitrogens with zero attached hydrogens (tertiary/aromatic N) is 4. The van der Waals surface area contributed by atoms with Crippen molar-refractivity contribution in [3.05, 3.63) is 91.7 Å². The highest BCUT2D eigenvalue weighted by atomic mass is 35.5. The van der Waals surface area contributed by atoms with Crippen LogP contribution in [-0.2, 0) is 11.3 Å². The van der Waals surface area contributed by atoms with E-state index in [-0.39, 0.29) is 18.3 Å². The number of carbonyl (C=O) groups excluding carboxylic acids is 1. The van der Waals surface area contributed by atoms with Crippen molar-refractivity contribution in [2.24, 2.45) is 0 Å². The summed E-state index contributed by atoms with van der Waals surface area (Å²) in [4.78, 5) is 43.3. The summed E-state index contributed by atoms with van der Waals surface area (Å²) in [6.45, 7) is 1.99. The predicted molar refractivity (Wildman–Crippen MR) is 132 cm³/mol. The number of benzene rings is 2. The van der Waals surface area contributed by atoms with E-state index in [4.69, 9.17) is 11.6 Å². The zero-order valence-electron chi connectivity index (χ0n) is 18.0. The normalized spacial score (nSPS) is 14.1. The fraction of sp³-hybridized carbons (Fsp3) is 0.208. The fourth-order valence-corrected chi connectivity index (χ4v) is 5.11. The summed E-state index contributed by atoms with van der Waals surface area (Å²) in [5, 5.41) is 2.23. The maximum absolute atomic E-state index is 13.4. The molecule has 5 rings (SSSR count). The summed E-state index contributed by atoms with van der Waals surface area (Å²) < 4.78 is 16.0. The molecule has 1 aliphatic heterocycles. The van der Waals surface area contributed by atoms with Gasteiger partial charge >= 0.3 is 5.69 Å². The number of fused-ring (bicyclic) bond motifs is 1. The van der Waals surface area contributed by atoms with Crippen LogP contribution in [0.5, 0.6) is 0 Å². The average Bonchev–Trinajstić information content (AvgIpc) is 3.34. The van der Waals surface area contributed by atoms with Gasteiger partial charge < -0.3 is 9.80 Å². The molecule has 3 heterocycles. The molecule has 1 amide bonds. The fourth-order valence-electron chi connectivity index (χ4n) is 4.16. The molecule has 0 spiro atoms. The van der Waals surface area contributed by atoms with Crippen LogP contribution in [0.25, 0.3) is 15.9 Å². The zero-order chi connectivity index (χ0) is 23.8. The van der Waals surface area contributed by atoms with Crippen molar-refractivity contribution < 1.29 is 9.18 Å². The number of piperazine rings is 1. The Balaban J connectivity index is 1.41. The highest BCUT2D eigenvalue weighted by Crippen LogP contribution is 2.19. The molecule has 174 valence electrons. The SMILES string of the molecule is O=C(Cn1c(=O)n(-c2ccc(Cl)cc2)c(=O)c2sccc21)N1CCN(c2ccc(F)cc2)CC1.